The minimum Gasteiger partial charge on any atom is -0.507 e. The first-order valence-corrected chi connectivity index (χ1v) is 5.49. The predicted octanol–water partition coefficient (Wildman–Crippen LogP) is 1.52. The lowest BCUT2D eigenvalue weighted by molar-refractivity contribution is -0.137. The number of carboxylic acid groups (broad SMARTS) is 1. The molecule has 0 aromatic heterocycles. The van der Waals surface area contributed by atoms with Crippen LogP contribution in [0.2, 0.25) is 0 Å². The van der Waals surface area contributed by atoms with Crippen molar-refractivity contribution in [3.05, 3.63) is 29.6 Å². The predicted molar refractivity (Wildman–Crippen MR) is 61.9 cm³/mol. The Balaban J connectivity index is 2.41. The van der Waals surface area contributed by atoms with Crippen LogP contribution in [0.4, 0.5) is 4.39 Å². The second kappa shape index (κ2) is 6.58. The van der Waals surface area contributed by atoms with Crippen LogP contribution in [0.5, 0.6) is 5.75 Å². The highest BCUT2D eigenvalue weighted by atomic mass is 19.1. The van der Waals surface area contributed by atoms with Gasteiger partial charge in [-0.2, -0.15) is 0 Å². The third-order valence-corrected chi connectivity index (χ3v) is 2.31. The molecular weight excluding hydrogens is 241 g/mol. The number of hydrogen-bond donors (Lipinski definition) is 3. The Morgan fingerprint density at radius 2 is 2.00 bits per heavy atom. The van der Waals surface area contributed by atoms with E-state index >= 15 is 0 Å². The van der Waals surface area contributed by atoms with Gasteiger partial charge < -0.3 is 15.5 Å². The quantitative estimate of drug-likeness (QED) is 0.672. The van der Waals surface area contributed by atoms with Gasteiger partial charge in [0.05, 0.1) is 5.56 Å². The van der Waals surface area contributed by atoms with E-state index in [0.29, 0.717) is 12.8 Å². The van der Waals surface area contributed by atoms with Gasteiger partial charge in [0.1, 0.15) is 11.6 Å². The molecule has 18 heavy (non-hydrogen) atoms. The topological polar surface area (TPSA) is 86.6 Å². The lowest BCUT2D eigenvalue weighted by Crippen LogP contribution is -2.24. The largest absolute Gasteiger partial charge is 0.507 e. The van der Waals surface area contributed by atoms with Crippen molar-refractivity contribution < 1.29 is 24.2 Å². The molecular formula is C12H14FNO4. The van der Waals surface area contributed by atoms with Gasteiger partial charge in [0.25, 0.3) is 5.91 Å². The maximum absolute atomic E-state index is 12.9. The van der Waals surface area contributed by atoms with Crippen LogP contribution in [-0.4, -0.2) is 28.6 Å². The SMILES string of the molecule is O=C(O)CCCCNC(=O)c1cc(F)ccc1O. The van der Waals surface area contributed by atoms with Crippen LogP contribution in [0, 0.1) is 5.82 Å². The summed E-state index contributed by atoms with van der Waals surface area (Å²) in [5.74, 6) is -2.37. The molecule has 0 heterocycles. The Hall–Kier alpha value is -2.11. The van der Waals surface area contributed by atoms with Gasteiger partial charge in [0, 0.05) is 13.0 Å². The molecule has 0 atom stereocenters. The third-order valence-electron chi connectivity index (χ3n) is 2.31. The molecule has 1 rings (SSSR count). The summed E-state index contributed by atoms with van der Waals surface area (Å²) in [6.07, 6.45) is 1.000. The fourth-order valence-corrected chi connectivity index (χ4v) is 1.39. The molecule has 0 aliphatic carbocycles. The summed E-state index contributed by atoms with van der Waals surface area (Å²) in [4.78, 5) is 21.8. The lowest BCUT2D eigenvalue weighted by Gasteiger charge is -2.06. The molecule has 0 unspecified atom stereocenters. The highest BCUT2D eigenvalue weighted by Gasteiger charge is 2.11. The van der Waals surface area contributed by atoms with Crippen molar-refractivity contribution in [1.82, 2.24) is 5.32 Å². The van der Waals surface area contributed by atoms with Gasteiger partial charge in [0.15, 0.2) is 0 Å². The number of carbonyl (C=O) groups excluding carboxylic acids is 1. The van der Waals surface area contributed by atoms with Crippen molar-refractivity contribution in [2.45, 2.75) is 19.3 Å². The molecule has 98 valence electrons. The summed E-state index contributed by atoms with van der Waals surface area (Å²) in [5.41, 5.74) is -0.131. The van der Waals surface area contributed by atoms with Gasteiger partial charge in [-0.3, -0.25) is 9.59 Å². The summed E-state index contributed by atoms with van der Waals surface area (Å²) >= 11 is 0. The van der Waals surface area contributed by atoms with Crippen molar-refractivity contribution >= 4 is 11.9 Å². The Labute approximate surface area is 103 Å². The minimum absolute atomic E-state index is 0.0427. The van der Waals surface area contributed by atoms with Crippen LogP contribution in [0.1, 0.15) is 29.6 Å². The number of rotatable bonds is 6. The van der Waals surface area contributed by atoms with Crippen molar-refractivity contribution in [1.29, 1.82) is 0 Å². The van der Waals surface area contributed by atoms with Crippen LogP contribution in [0.15, 0.2) is 18.2 Å². The zero-order chi connectivity index (χ0) is 13.5. The molecule has 0 saturated heterocycles. The number of benzene rings is 1. The van der Waals surface area contributed by atoms with Gasteiger partial charge in [-0.15, -0.1) is 0 Å². The number of aliphatic carboxylic acids is 1. The van der Waals surface area contributed by atoms with Crippen LogP contribution in [0.3, 0.4) is 0 Å². The van der Waals surface area contributed by atoms with E-state index < -0.39 is 17.7 Å². The van der Waals surface area contributed by atoms with Gasteiger partial charge in [-0.25, -0.2) is 4.39 Å². The number of unbranched alkanes of at least 4 members (excludes halogenated alkanes) is 1. The van der Waals surface area contributed by atoms with Crippen molar-refractivity contribution in [3.8, 4) is 5.75 Å². The molecule has 0 aliphatic rings. The number of hydrogen-bond acceptors (Lipinski definition) is 3. The zero-order valence-electron chi connectivity index (χ0n) is 9.65. The number of nitrogens with one attached hydrogen (secondary N) is 1. The Bertz CT molecular complexity index is 448. The highest BCUT2D eigenvalue weighted by molar-refractivity contribution is 5.96. The zero-order valence-corrected chi connectivity index (χ0v) is 9.65. The molecule has 0 bridgehead atoms. The summed E-state index contributed by atoms with van der Waals surface area (Å²) in [5, 5.41) is 20.3. The molecule has 0 aliphatic heterocycles. The van der Waals surface area contributed by atoms with E-state index in [2.05, 4.69) is 5.32 Å². The minimum atomic E-state index is -0.885. The molecule has 0 saturated carbocycles. The molecule has 0 spiro atoms. The molecule has 5 nitrogen and oxygen atoms in total. The lowest BCUT2D eigenvalue weighted by atomic mass is 10.1. The fourth-order valence-electron chi connectivity index (χ4n) is 1.39. The summed E-state index contributed by atoms with van der Waals surface area (Å²) in [6.45, 7) is 0.280. The molecule has 0 radical (unpaired) electrons. The van der Waals surface area contributed by atoms with E-state index in [9.17, 15) is 19.1 Å². The number of phenolic OH excluding ortho intramolecular Hbond substituents is 1. The average molecular weight is 255 g/mol. The summed E-state index contributed by atoms with van der Waals surface area (Å²) in [7, 11) is 0. The fraction of sp³-hybridized carbons (Fsp3) is 0.333. The molecule has 0 fully saturated rings. The van der Waals surface area contributed by atoms with E-state index in [1.54, 1.807) is 0 Å². The number of phenols is 1. The number of carboxylic acids is 1. The van der Waals surface area contributed by atoms with E-state index in [4.69, 9.17) is 5.11 Å². The first-order valence-electron chi connectivity index (χ1n) is 5.49. The molecule has 1 aromatic carbocycles. The van der Waals surface area contributed by atoms with Crippen molar-refractivity contribution in [2.75, 3.05) is 6.54 Å². The second-order valence-electron chi connectivity index (χ2n) is 3.77. The van der Waals surface area contributed by atoms with Gasteiger partial charge >= 0.3 is 5.97 Å². The maximum Gasteiger partial charge on any atom is 0.303 e. The molecule has 1 amide bonds. The van der Waals surface area contributed by atoms with Crippen LogP contribution in [-0.2, 0) is 4.79 Å². The molecule has 3 N–H and O–H groups in total. The van der Waals surface area contributed by atoms with Crippen LogP contribution < -0.4 is 5.32 Å². The smallest absolute Gasteiger partial charge is 0.303 e. The number of halogens is 1. The van der Waals surface area contributed by atoms with Crippen LogP contribution >= 0.6 is 0 Å². The van der Waals surface area contributed by atoms with Gasteiger partial charge in [0.2, 0.25) is 0 Å². The summed E-state index contributed by atoms with van der Waals surface area (Å²) < 4.78 is 12.9. The first kappa shape index (κ1) is 14.0. The Kier molecular flexibility index (Phi) is 5.10. The van der Waals surface area contributed by atoms with E-state index in [0.717, 1.165) is 18.2 Å². The third kappa shape index (κ3) is 4.40. The number of aromatic hydroxyl groups is 1. The van der Waals surface area contributed by atoms with Crippen molar-refractivity contribution in [2.24, 2.45) is 0 Å². The standard InChI is InChI=1S/C12H14FNO4/c13-8-4-5-10(15)9(7-8)12(18)14-6-2-1-3-11(16)17/h4-5,7,15H,1-3,6H2,(H,14,18)(H,16,17). The maximum atomic E-state index is 12.9. The van der Waals surface area contributed by atoms with Gasteiger partial charge in [-0.05, 0) is 31.0 Å². The number of amides is 1. The normalized spacial score (nSPS) is 10.1. The second-order valence-corrected chi connectivity index (χ2v) is 3.77. The first-order chi connectivity index (χ1) is 8.50. The van der Waals surface area contributed by atoms with E-state index in [1.165, 1.54) is 0 Å². The van der Waals surface area contributed by atoms with E-state index in [-0.39, 0.29) is 24.3 Å². The van der Waals surface area contributed by atoms with Gasteiger partial charge in [-0.1, -0.05) is 0 Å². The van der Waals surface area contributed by atoms with E-state index in [1.807, 2.05) is 0 Å². The Morgan fingerprint density at radius 1 is 1.28 bits per heavy atom. The molecule has 1 aromatic rings. The summed E-state index contributed by atoms with van der Waals surface area (Å²) in [6, 6.07) is 3.11. The van der Waals surface area contributed by atoms with Crippen LogP contribution in [0.25, 0.3) is 0 Å². The highest BCUT2D eigenvalue weighted by Crippen LogP contribution is 2.17. The Morgan fingerprint density at radius 3 is 2.67 bits per heavy atom. The monoisotopic (exact) mass is 255 g/mol. The average Bonchev–Trinajstić information content (AvgIpc) is 2.31. The molecule has 6 heteroatoms. The number of carbonyl (C=O) groups is 2. The van der Waals surface area contributed by atoms with Crippen molar-refractivity contribution in [3.63, 3.8) is 0 Å².